The van der Waals surface area contributed by atoms with E-state index in [2.05, 4.69) is 15.5 Å². The summed E-state index contributed by atoms with van der Waals surface area (Å²) in [6.45, 7) is 0.0241. The fraction of sp³-hybridized carbons (Fsp3) is 0.200. The van der Waals surface area contributed by atoms with Crippen LogP contribution in [-0.2, 0) is 4.79 Å². The molecule has 2 aromatic carbocycles. The quantitative estimate of drug-likeness (QED) is 0.801. The third kappa shape index (κ3) is 3.07. The van der Waals surface area contributed by atoms with Gasteiger partial charge in [0.1, 0.15) is 6.17 Å². The number of halogens is 1. The summed E-state index contributed by atoms with van der Waals surface area (Å²) in [7, 11) is 4.01. The highest BCUT2D eigenvalue weighted by molar-refractivity contribution is 6.30. The lowest BCUT2D eigenvalue weighted by molar-refractivity contribution is -0.115. The SMILES string of the molecule is CN(C)C1NC=C(c2cccc(N3C(=O)CNC3=O)c2)c2cc(Cl)ccc21. The molecule has 138 valence electrons. The average molecular weight is 383 g/mol. The van der Waals surface area contributed by atoms with E-state index < -0.39 is 6.03 Å². The van der Waals surface area contributed by atoms with E-state index in [1.54, 1.807) is 6.07 Å². The molecule has 27 heavy (non-hydrogen) atoms. The molecule has 4 rings (SSSR count). The number of benzene rings is 2. The van der Waals surface area contributed by atoms with E-state index in [0.29, 0.717) is 10.7 Å². The van der Waals surface area contributed by atoms with Crippen molar-refractivity contribution in [2.75, 3.05) is 25.5 Å². The molecular weight excluding hydrogens is 364 g/mol. The van der Waals surface area contributed by atoms with Gasteiger partial charge in [-0.1, -0.05) is 29.8 Å². The van der Waals surface area contributed by atoms with E-state index >= 15 is 0 Å². The van der Waals surface area contributed by atoms with Crippen LogP contribution in [0.5, 0.6) is 0 Å². The van der Waals surface area contributed by atoms with Crippen molar-refractivity contribution in [3.05, 3.63) is 70.4 Å². The van der Waals surface area contributed by atoms with Crippen LogP contribution in [-0.4, -0.2) is 37.5 Å². The summed E-state index contributed by atoms with van der Waals surface area (Å²) in [5.41, 5.74) is 4.54. The molecule has 2 aromatic rings. The summed E-state index contributed by atoms with van der Waals surface area (Å²) in [6, 6.07) is 12.8. The average Bonchev–Trinajstić information content (AvgIpc) is 2.99. The molecule has 7 heteroatoms. The molecule has 1 saturated heterocycles. The van der Waals surface area contributed by atoms with E-state index in [-0.39, 0.29) is 18.6 Å². The van der Waals surface area contributed by atoms with Crippen LogP contribution < -0.4 is 15.5 Å². The van der Waals surface area contributed by atoms with Crippen molar-refractivity contribution in [3.63, 3.8) is 0 Å². The summed E-state index contributed by atoms with van der Waals surface area (Å²) in [5, 5.41) is 6.61. The van der Waals surface area contributed by atoms with E-state index in [1.165, 1.54) is 4.90 Å². The van der Waals surface area contributed by atoms with Gasteiger partial charge in [-0.05, 0) is 55.1 Å². The molecule has 0 aliphatic carbocycles. The minimum absolute atomic E-state index is 0.0241. The zero-order chi connectivity index (χ0) is 19.1. The standard InChI is InChI=1S/C20H19ClN4O2/c1-24(2)19-15-7-6-13(21)9-16(15)17(10-22-19)12-4-3-5-14(8-12)25-18(26)11-23-20(25)27/h3-10,19,22H,11H2,1-2H3,(H,23,27). The van der Waals surface area contributed by atoms with Crippen LogP contribution in [0.4, 0.5) is 10.5 Å². The van der Waals surface area contributed by atoms with Gasteiger partial charge in [0, 0.05) is 16.8 Å². The smallest absolute Gasteiger partial charge is 0.329 e. The van der Waals surface area contributed by atoms with E-state index in [0.717, 1.165) is 22.3 Å². The molecule has 2 heterocycles. The minimum atomic E-state index is -0.399. The highest BCUT2D eigenvalue weighted by Crippen LogP contribution is 2.36. The maximum Gasteiger partial charge on any atom is 0.329 e. The Morgan fingerprint density at radius 3 is 2.67 bits per heavy atom. The molecule has 1 fully saturated rings. The molecule has 2 aliphatic heterocycles. The number of amides is 3. The van der Waals surface area contributed by atoms with Gasteiger partial charge < -0.3 is 10.6 Å². The monoisotopic (exact) mass is 382 g/mol. The Kier molecular flexibility index (Phi) is 4.37. The third-order valence-electron chi connectivity index (χ3n) is 4.76. The normalized spacial score (nSPS) is 18.9. The lowest BCUT2D eigenvalue weighted by Gasteiger charge is -2.32. The maximum absolute atomic E-state index is 12.0. The summed E-state index contributed by atoms with van der Waals surface area (Å²) in [5.74, 6) is -0.260. The maximum atomic E-state index is 12.0. The van der Waals surface area contributed by atoms with E-state index in [1.807, 2.05) is 56.7 Å². The van der Waals surface area contributed by atoms with Crippen LogP contribution in [0.25, 0.3) is 5.57 Å². The Morgan fingerprint density at radius 2 is 1.96 bits per heavy atom. The zero-order valence-corrected chi connectivity index (χ0v) is 15.7. The van der Waals surface area contributed by atoms with E-state index in [9.17, 15) is 9.59 Å². The first-order valence-corrected chi connectivity index (χ1v) is 8.97. The molecule has 0 bridgehead atoms. The Labute approximate surface area is 162 Å². The van der Waals surface area contributed by atoms with Gasteiger partial charge in [0.05, 0.1) is 12.2 Å². The summed E-state index contributed by atoms with van der Waals surface area (Å²) in [6.07, 6.45) is 1.99. The van der Waals surface area contributed by atoms with Gasteiger partial charge in [0.15, 0.2) is 0 Å². The van der Waals surface area contributed by atoms with Crippen LogP contribution in [0.3, 0.4) is 0 Å². The highest BCUT2D eigenvalue weighted by atomic mass is 35.5. The second kappa shape index (κ2) is 6.72. The second-order valence-electron chi connectivity index (χ2n) is 6.76. The summed E-state index contributed by atoms with van der Waals surface area (Å²) in [4.78, 5) is 27.3. The number of hydrogen-bond acceptors (Lipinski definition) is 4. The number of anilines is 1. The van der Waals surface area contributed by atoms with Crippen molar-refractivity contribution in [2.45, 2.75) is 6.17 Å². The van der Waals surface area contributed by atoms with Crippen molar-refractivity contribution < 1.29 is 9.59 Å². The van der Waals surface area contributed by atoms with Crippen LogP contribution in [0.1, 0.15) is 22.9 Å². The number of urea groups is 1. The number of nitrogens with zero attached hydrogens (tertiary/aromatic N) is 2. The Morgan fingerprint density at radius 1 is 1.15 bits per heavy atom. The molecule has 2 N–H and O–H groups in total. The lowest BCUT2D eigenvalue weighted by atomic mass is 9.90. The molecular formula is C20H19ClN4O2. The van der Waals surface area contributed by atoms with Gasteiger partial charge in [-0.3, -0.25) is 9.69 Å². The van der Waals surface area contributed by atoms with Crippen molar-refractivity contribution in [1.29, 1.82) is 0 Å². The van der Waals surface area contributed by atoms with Crippen molar-refractivity contribution in [2.24, 2.45) is 0 Å². The Hall–Kier alpha value is -2.83. The first-order valence-electron chi connectivity index (χ1n) is 8.59. The molecule has 0 spiro atoms. The molecule has 6 nitrogen and oxygen atoms in total. The first-order chi connectivity index (χ1) is 13.0. The number of fused-ring (bicyclic) bond motifs is 1. The van der Waals surface area contributed by atoms with Gasteiger partial charge in [0.2, 0.25) is 0 Å². The topological polar surface area (TPSA) is 64.7 Å². The summed E-state index contributed by atoms with van der Waals surface area (Å²) >= 11 is 6.26. The number of carbonyl (C=O) groups excluding carboxylic acids is 2. The predicted molar refractivity (Wildman–Crippen MR) is 105 cm³/mol. The predicted octanol–water partition coefficient (Wildman–Crippen LogP) is 2.95. The van der Waals surface area contributed by atoms with Crippen molar-refractivity contribution in [3.8, 4) is 0 Å². The molecule has 1 atom stereocenters. The van der Waals surface area contributed by atoms with Crippen molar-refractivity contribution >= 4 is 34.8 Å². The fourth-order valence-corrected chi connectivity index (χ4v) is 3.66. The second-order valence-corrected chi connectivity index (χ2v) is 7.20. The molecule has 0 saturated carbocycles. The van der Waals surface area contributed by atoms with Gasteiger partial charge in [-0.25, -0.2) is 9.69 Å². The van der Waals surface area contributed by atoms with Crippen LogP contribution in [0.15, 0.2) is 48.7 Å². The number of imide groups is 1. The zero-order valence-electron chi connectivity index (χ0n) is 15.0. The Balaban J connectivity index is 1.79. The molecule has 3 amide bonds. The fourth-order valence-electron chi connectivity index (χ4n) is 3.49. The van der Waals surface area contributed by atoms with Crippen molar-refractivity contribution in [1.82, 2.24) is 15.5 Å². The highest BCUT2D eigenvalue weighted by Gasteiger charge is 2.30. The third-order valence-corrected chi connectivity index (χ3v) is 5.00. The van der Waals surface area contributed by atoms with Crippen LogP contribution in [0.2, 0.25) is 5.02 Å². The lowest BCUT2D eigenvalue weighted by Crippen LogP contribution is -2.33. The van der Waals surface area contributed by atoms with Crippen LogP contribution in [0, 0.1) is 0 Å². The molecule has 1 unspecified atom stereocenters. The molecule has 0 radical (unpaired) electrons. The van der Waals surface area contributed by atoms with Gasteiger partial charge in [-0.2, -0.15) is 0 Å². The number of rotatable bonds is 3. The first kappa shape index (κ1) is 17.6. The summed E-state index contributed by atoms with van der Waals surface area (Å²) < 4.78 is 0. The van der Waals surface area contributed by atoms with Crippen LogP contribution >= 0.6 is 11.6 Å². The van der Waals surface area contributed by atoms with Gasteiger partial charge in [0.25, 0.3) is 5.91 Å². The molecule has 0 aromatic heterocycles. The number of carbonyl (C=O) groups is 2. The van der Waals surface area contributed by atoms with Gasteiger partial charge in [-0.15, -0.1) is 0 Å². The van der Waals surface area contributed by atoms with Gasteiger partial charge >= 0.3 is 6.03 Å². The number of hydrogen-bond donors (Lipinski definition) is 2. The minimum Gasteiger partial charge on any atom is -0.371 e. The largest absolute Gasteiger partial charge is 0.371 e. The Bertz CT molecular complexity index is 954. The van der Waals surface area contributed by atoms with E-state index in [4.69, 9.17) is 11.6 Å². The number of nitrogens with one attached hydrogen (secondary N) is 2. The molecule has 2 aliphatic rings.